The van der Waals surface area contributed by atoms with Crippen LogP contribution >= 0.6 is 11.3 Å². The van der Waals surface area contributed by atoms with Crippen molar-refractivity contribution in [1.29, 1.82) is 0 Å². The van der Waals surface area contributed by atoms with Gasteiger partial charge in [-0.25, -0.2) is 0 Å². The lowest BCUT2D eigenvalue weighted by molar-refractivity contribution is 0.285. The summed E-state index contributed by atoms with van der Waals surface area (Å²) in [6.45, 7) is 0.113. The maximum Gasteiger partial charge on any atom is 0.120 e. The van der Waals surface area contributed by atoms with Gasteiger partial charge in [0.15, 0.2) is 0 Å². The minimum absolute atomic E-state index is 0.113. The van der Waals surface area contributed by atoms with Crippen LogP contribution in [0.4, 0.5) is 0 Å². The highest BCUT2D eigenvalue weighted by Gasteiger charge is 2.01. The average Bonchev–Trinajstić information content (AvgIpc) is 2.58. The molecule has 0 unspecified atom stereocenters. The van der Waals surface area contributed by atoms with Crippen LogP contribution in [0.3, 0.4) is 0 Å². The molecule has 0 bridgehead atoms. The van der Waals surface area contributed by atoms with E-state index in [9.17, 15) is 0 Å². The van der Waals surface area contributed by atoms with Gasteiger partial charge in [-0.2, -0.15) is 0 Å². The summed E-state index contributed by atoms with van der Waals surface area (Å²) < 4.78 is 6.27. The first-order chi connectivity index (χ1) is 6.33. The number of ether oxygens (including phenoxy) is 1. The standard InChI is InChI=1S/C10H10O2S/c1-12-8-3-2-7-4-9(6-11)13-10(7)5-8/h2-5,11H,6H2,1H3. The van der Waals surface area contributed by atoms with Crippen molar-refractivity contribution < 1.29 is 9.84 Å². The van der Waals surface area contributed by atoms with Crippen molar-refractivity contribution in [2.45, 2.75) is 6.61 Å². The van der Waals surface area contributed by atoms with E-state index in [-0.39, 0.29) is 6.61 Å². The quantitative estimate of drug-likeness (QED) is 0.795. The topological polar surface area (TPSA) is 29.5 Å². The molecule has 1 heterocycles. The Hall–Kier alpha value is -1.06. The number of benzene rings is 1. The van der Waals surface area contributed by atoms with Gasteiger partial charge in [0.05, 0.1) is 13.7 Å². The summed E-state index contributed by atoms with van der Waals surface area (Å²) in [7, 11) is 1.65. The lowest BCUT2D eigenvalue weighted by Crippen LogP contribution is -1.79. The van der Waals surface area contributed by atoms with E-state index in [0.29, 0.717) is 0 Å². The lowest BCUT2D eigenvalue weighted by Gasteiger charge is -1.97. The second-order valence-corrected chi connectivity index (χ2v) is 3.94. The van der Waals surface area contributed by atoms with Crippen LogP contribution in [0.1, 0.15) is 4.88 Å². The molecule has 68 valence electrons. The number of aliphatic hydroxyl groups excluding tert-OH is 1. The summed E-state index contributed by atoms with van der Waals surface area (Å²) in [4.78, 5) is 0.989. The number of thiophene rings is 1. The fourth-order valence-corrected chi connectivity index (χ4v) is 2.22. The molecule has 1 aromatic heterocycles. The number of rotatable bonds is 2. The van der Waals surface area contributed by atoms with Crippen LogP contribution in [0.2, 0.25) is 0 Å². The molecular formula is C10H10O2S. The summed E-state index contributed by atoms with van der Waals surface area (Å²) in [5.41, 5.74) is 0. The van der Waals surface area contributed by atoms with Gasteiger partial charge in [0, 0.05) is 9.58 Å². The van der Waals surface area contributed by atoms with Gasteiger partial charge in [-0.3, -0.25) is 0 Å². The molecule has 0 saturated carbocycles. The van der Waals surface area contributed by atoms with E-state index in [1.807, 2.05) is 24.3 Å². The number of hydrogen-bond acceptors (Lipinski definition) is 3. The van der Waals surface area contributed by atoms with Crippen LogP contribution in [0.25, 0.3) is 10.1 Å². The van der Waals surface area contributed by atoms with Gasteiger partial charge in [0.1, 0.15) is 5.75 Å². The zero-order valence-electron chi connectivity index (χ0n) is 7.28. The third kappa shape index (κ3) is 1.53. The Morgan fingerprint density at radius 1 is 1.38 bits per heavy atom. The molecule has 0 aliphatic carbocycles. The van der Waals surface area contributed by atoms with Crippen molar-refractivity contribution in [2.24, 2.45) is 0 Å². The smallest absolute Gasteiger partial charge is 0.120 e. The molecule has 0 atom stereocenters. The van der Waals surface area contributed by atoms with Crippen molar-refractivity contribution in [3.8, 4) is 5.75 Å². The predicted octanol–water partition coefficient (Wildman–Crippen LogP) is 2.40. The van der Waals surface area contributed by atoms with Gasteiger partial charge < -0.3 is 9.84 Å². The first-order valence-electron chi connectivity index (χ1n) is 4.01. The van der Waals surface area contributed by atoms with E-state index in [1.165, 1.54) is 0 Å². The minimum atomic E-state index is 0.113. The zero-order chi connectivity index (χ0) is 9.26. The molecule has 0 fully saturated rings. The second-order valence-electron chi connectivity index (χ2n) is 2.77. The lowest BCUT2D eigenvalue weighted by atomic mass is 10.2. The Morgan fingerprint density at radius 2 is 2.23 bits per heavy atom. The largest absolute Gasteiger partial charge is 0.497 e. The maximum atomic E-state index is 8.94. The number of fused-ring (bicyclic) bond motifs is 1. The molecule has 1 aromatic carbocycles. The molecule has 0 amide bonds. The number of hydrogen-bond donors (Lipinski definition) is 1. The van der Waals surface area contributed by atoms with Crippen LogP contribution in [0.5, 0.6) is 5.75 Å². The van der Waals surface area contributed by atoms with Gasteiger partial charge in [-0.1, -0.05) is 0 Å². The van der Waals surface area contributed by atoms with E-state index in [0.717, 1.165) is 20.7 Å². The monoisotopic (exact) mass is 194 g/mol. The van der Waals surface area contributed by atoms with E-state index in [2.05, 4.69) is 0 Å². The molecule has 13 heavy (non-hydrogen) atoms. The molecule has 0 radical (unpaired) electrons. The summed E-state index contributed by atoms with van der Waals surface area (Å²) in [6.07, 6.45) is 0. The van der Waals surface area contributed by atoms with Gasteiger partial charge in [-0.05, 0) is 29.7 Å². The Balaban J connectivity index is 2.57. The highest BCUT2D eigenvalue weighted by Crippen LogP contribution is 2.28. The fraction of sp³-hybridized carbons (Fsp3) is 0.200. The van der Waals surface area contributed by atoms with Gasteiger partial charge in [-0.15, -0.1) is 11.3 Å². The first-order valence-corrected chi connectivity index (χ1v) is 4.82. The summed E-state index contributed by atoms with van der Waals surface area (Å²) in [5.74, 6) is 0.860. The Kier molecular flexibility index (Phi) is 2.20. The highest BCUT2D eigenvalue weighted by atomic mass is 32.1. The molecule has 0 aliphatic rings. The predicted molar refractivity (Wildman–Crippen MR) is 54.3 cm³/mol. The Bertz CT molecular complexity index is 418. The van der Waals surface area contributed by atoms with Crippen LogP contribution in [-0.2, 0) is 6.61 Å². The van der Waals surface area contributed by atoms with E-state index in [4.69, 9.17) is 9.84 Å². The third-order valence-electron chi connectivity index (χ3n) is 1.93. The molecule has 0 saturated heterocycles. The van der Waals surface area contributed by atoms with E-state index < -0.39 is 0 Å². The van der Waals surface area contributed by atoms with Gasteiger partial charge >= 0.3 is 0 Å². The SMILES string of the molecule is COc1ccc2cc(CO)sc2c1. The fourth-order valence-electron chi connectivity index (χ4n) is 1.27. The summed E-state index contributed by atoms with van der Waals surface area (Å²) in [6, 6.07) is 7.92. The van der Waals surface area contributed by atoms with E-state index >= 15 is 0 Å². The second kappa shape index (κ2) is 3.36. The van der Waals surface area contributed by atoms with Gasteiger partial charge in [0.25, 0.3) is 0 Å². The van der Waals surface area contributed by atoms with Crippen molar-refractivity contribution >= 4 is 21.4 Å². The number of methoxy groups -OCH3 is 1. The van der Waals surface area contributed by atoms with Crippen molar-refractivity contribution in [3.63, 3.8) is 0 Å². The molecule has 1 N–H and O–H groups in total. The Morgan fingerprint density at radius 3 is 2.92 bits per heavy atom. The molecule has 0 spiro atoms. The van der Waals surface area contributed by atoms with Crippen molar-refractivity contribution in [1.82, 2.24) is 0 Å². The summed E-state index contributed by atoms with van der Waals surface area (Å²) >= 11 is 1.60. The molecule has 2 nitrogen and oxygen atoms in total. The molecule has 0 aliphatic heterocycles. The average molecular weight is 194 g/mol. The van der Waals surface area contributed by atoms with E-state index in [1.54, 1.807) is 18.4 Å². The highest BCUT2D eigenvalue weighted by molar-refractivity contribution is 7.19. The van der Waals surface area contributed by atoms with Gasteiger partial charge in [0.2, 0.25) is 0 Å². The minimum Gasteiger partial charge on any atom is -0.497 e. The zero-order valence-corrected chi connectivity index (χ0v) is 8.10. The van der Waals surface area contributed by atoms with Crippen LogP contribution in [-0.4, -0.2) is 12.2 Å². The van der Waals surface area contributed by atoms with Crippen LogP contribution in [0, 0.1) is 0 Å². The van der Waals surface area contributed by atoms with Crippen LogP contribution in [0.15, 0.2) is 24.3 Å². The maximum absolute atomic E-state index is 8.94. The normalized spacial score (nSPS) is 10.6. The Labute approximate surface area is 80.4 Å². The van der Waals surface area contributed by atoms with Crippen LogP contribution < -0.4 is 4.74 Å². The van der Waals surface area contributed by atoms with Crippen molar-refractivity contribution in [2.75, 3.05) is 7.11 Å². The summed E-state index contributed by atoms with van der Waals surface area (Å²) in [5, 5.41) is 10.1. The molecule has 2 rings (SSSR count). The number of aliphatic hydroxyl groups is 1. The van der Waals surface area contributed by atoms with Crippen molar-refractivity contribution in [3.05, 3.63) is 29.1 Å². The first kappa shape index (κ1) is 8.53. The molecular weight excluding hydrogens is 184 g/mol. The molecule has 2 aromatic rings. The molecule has 3 heteroatoms. The third-order valence-corrected chi connectivity index (χ3v) is 3.02.